The maximum Gasteiger partial charge on any atom is 0.329 e. The molecule has 2 aromatic rings. The molecular weight excluding hydrogens is 472 g/mol. The molecule has 10 heteroatoms. The van der Waals surface area contributed by atoms with Gasteiger partial charge in [0.05, 0.1) is 17.8 Å². The molecule has 0 fully saturated rings. The van der Waals surface area contributed by atoms with Crippen molar-refractivity contribution >= 4 is 41.2 Å². The standard InChI is InChI=1S/C25H31ClN4O5/c1-4-7-12-27-24(32)25(33)30-28-15-18-13-20(26)23(21(14-18)34-6-3)35-16-22(31)29-19-10-8-17(5-2)9-11-19/h8-11,13-15H,4-7,12,16H2,1-3H3,(H,27,32)(H,29,31)(H,30,33)/b28-15-. The van der Waals surface area contributed by atoms with E-state index in [0.29, 0.717) is 30.2 Å². The van der Waals surface area contributed by atoms with Crippen molar-refractivity contribution in [3.05, 3.63) is 52.5 Å². The number of unbranched alkanes of at least 4 members (excludes halogenated alkanes) is 1. The van der Waals surface area contributed by atoms with Crippen LogP contribution in [0.1, 0.15) is 44.7 Å². The first kappa shape index (κ1) is 27.7. The number of hydrazone groups is 1. The second-order valence-electron chi connectivity index (χ2n) is 7.46. The van der Waals surface area contributed by atoms with Crippen LogP contribution in [-0.4, -0.2) is 43.7 Å². The van der Waals surface area contributed by atoms with Gasteiger partial charge in [-0.3, -0.25) is 14.4 Å². The van der Waals surface area contributed by atoms with E-state index < -0.39 is 11.8 Å². The number of benzene rings is 2. The SMILES string of the molecule is CCCCNC(=O)C(=O)N/N=C\c1cc(Cl)c(OCC(=O)Nc2ccc(CC)cc2)c(OCC)c1. The summed E-state index contributed by atoms with van der Waals surface area (Å²) >= 11 is 6.36. The van der Waals surface area contributed by atoms with Gasteiger partial charge in [-0.25, -0.2) is 5.43 Å². The highest BCUT2D eigenvalue weighted by Gasteiger charge is 2.15. The molecule has 9 nitrogen and oxygen atoms in total. The van der Waals surface area contributed by atoms with Crippen molar-refractivity contribution < 1.29 is 23.9 Å². The van der Waals surface area contributed by atoms with Gasteiger partial charge in [-0.05, 0) is 55.2 Å². The van der Waals surface area contributed by atoms with Crippen LogP contribution in [0.15, 0.2) is 41.5 Å². The van der Waals surface area contributed by atoms with E-state index in [2.05, 4.69) is 28.1 Å². The number of carbonyl (C=O) groups excluding carboxylic acids is 3. The molecule has 2 aromatic carbocycles. The van der Waals surface area contributed by atoms with Crippen LogP contribution < -0.4 is 25.5 Å². The van der Waals surface area contributed by atoms with E-state index in [0.717, 1.165) is 19.3 Å². The van der Waals surface area contributed by atoms with Crippen LogP contribution in [0.4, 0.5) is 5.69 Å². The first-order chi connectivity index (χ1) is 16.9. The number of hydrogen-bond donors (Lipinski definition) is 3. The van der Waals surface area contributed by atoms with Gasteiger partial charge in [0, 0.05) is 12.2 Å². The number of carbonyl (C=O) groups is 3. The van der Waals surface area contributed by atoms with Crippen LogP contribution >= 0.6 is 11.6 Å². The lowest BCUT2D eigenvalue weighted by atomic mass is 10.1. The molecule has 0 heterocycles. The highest BCUT2D eigenvalue weighted by Crippen LogP contribution is 2.36. The smallest absolute Gasteiger partial charge is 0.329 e. The fourth-order valence-corrected chi connectivity index (χ4v) is 3.17. The van der Waals surface area contributed by atoms with E-state index in [1.807, 2.05) is 31.2 Å². The summed E-state index contributed by atoms with van der Waals surface area (Å²) in [5.74, 6) is -1.46. The van der Waals surface area contributed by atoms with Crippen LogP contribution in [-0.2, 0) is 20.8 Å². The summed E-state index contributed by atoms with van der Waals surface area (Å²) in [4.78, 5) is 35.8. The molecular formula is C25H31ClN4O5. The zero-order valence-corrected chi connectivity index (χ0v) is 20.9. The molecule has 0 spiro atoms. The summed E-state index contributed by atoms with van der Waals surface area (Å²) in [6.45, 7) is 6.31. The van der Waals surface area contributed by atoms with E-state index in [-0.39, 0.29) is 23.3 Å². The Morgan fingerprint density at radius 2 is 1.77 bits per heavy atom. The normalized spacial score (nSPS) is 10.6. The molecule has 0 unspecified atom stereocenters. The maximum atomic E-state index is 12.3. The average Bonchev–Trinajstić information content (AvgIpc) is 2.84. The van der Waals surface area contributed by atoms with Crippen LogP contribution in [0.3, 0.4) is 0 Å². The number of amides is 3. The molecule has 0 radical (unpaired) electrons. The largest absolute Gasteiger partial charge is 0.490 e. The van der Waals surface area contributed by atoms with Gasteiger partial charge >= 0.3 is 11.8 Å². The molecule has 0 aromatic heterocycles. The Morgan fingerprint density at radius 3 is 2.43 bits per heavy atom. The molecule has 0 aliphatic rings. The van der Waals surface area contributed by atoms with Gasteiger partial charge in [0.2, 0.25) is 0 Å². The van der Waals surface area contributed by atoms with E-state index in [1.54, 1.807) is 13.0 Å². The lowest BCUT2D eigenvalue weighted by Gasteiger charge is -2.14. The molecule has 188 valence electrons. The third kappa shape index (κ3) is 9.29. The quantitative estimate of drug-likeness (QED) is 0.177. The summed E-state index contributed by atoms with van der Waals surface area (Å²) in [7, 11) is 0. The molecule has 0 aliphatic carbocycles. The summed E-state index contributed by atoms with van der Waals surface area (Å²) in [6, 6.07) is 10.7. The minimum atomic E-state index is -0.871. The average molecular weight is 503 g/mol. The molecule has 35 heavy (non-hydrogen) atoms. The molecule has 0 saturated heterocycles. The summed E-state index contributed by atoms with van der Waals surface area (Å²) < 4.78 is 11.2. The minimum Gasteiger partial charge on any atom is -0.490 e. The second kappa shape index (κ2) is 14.6. The highest BCUT2D eigenvalue weighted by molar-refractivity contribution is 6.35. The van der Waals surface area contributed by atoms with E-state index in [1.165, 1.54) is 17.8 Å². The van der Waals surface area contributed by atoms with Crippen LogP contribution in [0.2, 0.25) is 5.02 Å². The van der Waals surface area contributed by atoms with Crippen LogP contribution in [0, 0.1) is 0 Å². The van der Waals surface area contributed by atoms with E-state index >= 15 is 0 Å². The highest BCUT2D eigenvalue weighted by atomic mass is 35.5. The first-order valence-corrected chi connectivity index (χ1v) is 11.8. The van der Waals surface area contributed by atoms with Crippen molar-refractivity contribution in [2.75, 3.05) is 25.1 Å². The first-order valence-electron chi connectivity index (χ1n) is 11.5. The van der Waals surface area contributed by atoms with Gasteiger partial charge in [0.15, 0.2) is 18.1 Å². The zero-order chi connectivity index (χ0) is 25.6. The molecule has 3 N–H and O–H groups in total. The van der Waals surface area contributed by atoms with Gasteiger partial charge in [0.1, 0.15) is 0 Å². The Kier molecular flexibility index (Phi) is 11.6. The summed E-state index contributed by atoms with van der Waals surface area (Å²) in [5, 5.41) is 9.26. The van der Waals surface area contributed by atoms with Gasteiger partial charge in [-0.15, -0.1) is 0 Å². The lowest BCUT2D eigenvalue weighted by Crippen LogP contribution is -2.38. The number of aryl methyl sites for hydroxylation is 1. The Hall–Kier alpha value is -3.59. The predicted molar refractivity (Wildman–Crippen MR) is 136 cm³/mol. The van der Waals surface area contributed by atoms with Crippen molar-refractivity contribution in [1.82, 2.24) is 10.7 Å². The van der Waals surface area contributed by atoms with Crippen molar-refractivity contribution in [1.29, 1.82) is 0 Å². The third-order valence-corrected chi connectivity index (χ3v) is 5.01. The van der Waals surface area contributed by atoms with Crippen molar-refractivity contribution in [2.45, 2.75) is 40.0 Å². The Balaban J connectivity index is 1.99. The van der Waals surface area contributed by atoms with Gasteiger partial charge in [0.25, 0.3) is 5.91 Å². The van der Waals surface area contributed by atoms with Gasteiger partial charge in [-0.1, -0.05) is 44.0 Å². The Morgan fingerprint density at radius 1 is 1.03 bits per heavy atom. The van der Waals surface area contributed by atoms with E-state index in [4.69, 9.17) is 21.1 Å². The molecule has 0 aliphatic heterocycles. The Labute approximate surface area is 210 Å². The van der Waals surface area contributed by atoms with Crippen molar-refractivity contribution in [3.63, 3.8) is 0 Å². The number of anilines is 1. The van der Waals surface area contributed by atoms with E-state index in [9.17, 15) is 14.4 Å². The molecule has 0 atom stereocenters. The maximum absolute atomic E-state index is 12.3. The van der Waals surface area contributed by atoms with Crippen molar-refractivity contribution in [3.8, 4) is 11.5 Å². The number of nitrogens with one attached hydrogen (secondary N) is 3. The molecule has 0 saturated carbocycles. The van der Waals surface area contributed by atoms with Gasteiger partial charge in [-0.2, -0.15) is 5.10 Å². The van der Waals surface area contributed by atoms with Gasteiger partial charge < -0.3 is 20.1 Å². The van der Waals surface area contributed by atoms with Crippen molar-refractivity contribution in [2.24, 2.45) is 5.10 Å². The predicted octanol–water partition coefficient (Wildman–Crippen LogP) is 3.69. The zero-order valence-electron chi connectivity index (χ0n) is 20.2. The topological polar surface area (TPSA) is 118 Å². The molecule has 3 amide bonds. The number of ether oxygens (including phenoxy) is 2. The number of rotatable bonds is 12. The Bertz CT molecular complexity index is 1040. The molecule has 0 bridgehead atoms. The fourth-order valence-electron chi connectivity index (χ4n) is 2.90. The monoisotopic (exact) mass is 502 g/mol. The van der Waals surface area contributed by atoms with Crippen LogP contribution in [0.25, 0.3) is 0 Å². The number of halogens is 1. The number of nitrogens with zero attached hydrogens (tertiary/aromatic N) is 1. The third-order valence-electron chi connectivity index (χ3n) is 4.73. The lowest BCUT2D eigenvalue weighted by molar-refractivity contribution is -0.139. The summed E-state index contributed by atoms with van der Waals surface area (Å²) in [6.07, 6.45) is 3.92. The summed E-state index contributed by atoms with van der Waals surface area (Å²) in [5.41, 5.74) is 4.50. The second-order valence-corrected chi connectivity index (χ2v) is 7.87. The fraction of sp³-hybridized carbons (Fsp3) is 0.360. The van der Waals surface area contributed by atoms with Crippen LogP contribution in [0.5, 0.6) is 11.5 Å². The minimum absolute atomic E-state index is 0.195. The molecule has 2 rings (SSSR count). The number of hydrogen-bond acceptors (Lipinski definition) is 6.